The largest absolute Gasteiger partial charge is 0.373 e. The molecule has 88 valence electrons. The van der Waals surface area contributed by atoms with E-state index in [4.69, 9.17) is 17.3 Å². The molecule has 0 aromatic heterocycles. The number of hydrogen-bond donors (Lipinski definition) is 2. The summed E-state index contributed by atoms with van der Waals surface area (Å²) in [6, 6.07) is 5.15. The van der Waals surface area contributed by atoms with Gasteiger partial charge in [0, 0.05) is 30.8 Å². The maximum absolute atomic E-state index is 11.3. The highest BCUT2D eigenvalue weighted by atomic mass is 35.5. The van der Waals surface area contributed by atoms with Gasteiger partial charge in [-0.3, -0.25) is 4.79 Å². The molecule has 0 spiro atoms. The number of nitrogens with zero attached hydrogens (tertiary/aromatic N) is 1. The van der Waals surface area contributed by atoms with E-state index in [1.54, 1.807) is 18.2 Å². The van der Waals surface area contributed by atoms with Crippen LogP contribution < -0.4 is 16.0 Å². The Morgan fingerprint density at radius 3 is 2.81 bits per heavy atom. The molecule has 0 aliphatic heterocycles. The molecule has 0 fully saturated rings. The molecular formula is C11H16ClN3O. The van der Waals surface area contributed by atoms with Gasteiger partial charge < -0.3 is 16.0 Å². The fourth-order valence-corrected chi connectivity index (χ4v) is 1.61. The van der Waals surface area contributed by atoms with E-state index < -0.39 is 5.91 Å². The van der Waals surface area contributed by atoms with E-state index in [1.807, 2.05) is 19.0 Å². The molecule has 0 bridgehead atoms. The summed E-state index contributed by atoms with van der Waals surface area (Å²) in [5.74, 6) is -0.464. The van der Waals surface area contributed by atoms with Gasteiger partial charge in [0.1, 0.15) is 0 Å². The van der Waals surface area contributed by atoms with Crippen molar-refractivity contribution < 1.29 is 4.79 Å². The van der Waals surface area contributed by atoms with Crippen molar-refractivity contribution in [1.29, 1.82) is 0 Å². The van der Waals surface area contributed by atoms with Crippen LogP contribution in [0.25, 0.3) is 0 Å². The lowest BCUT2D eigenvalue weighted by Crippen LogP contribution is -2.29. The van der Waals surface area contributed by atoms with Gasteiger partial charge in [-0.25, -0.2) is 0 Å². The van der Waals surface area contributed by atoms with Gasteiger partial charge in [-0.1, -0.05) is 11.6 Å². The molecule has 0 aliphatic carbocycles. The SMILES string of the molecule is CNCCN(C)c1ccc(Cl)cc1C(N)=O. The number of rotatable bonds is 5. The van der Waals surface area contributed by atoms with Crippen LogP contribution in [0.3, 0.4) is 0 Å². The van der Waals surface area contributed by atoms with E-state index in [9.17, 15) is 4.79 Å². The Kier molecular flexibility index (Phi) is 4.58. The molecule has 5 heteroatoms. The Balaban J connectivity index is 2.98. The number of amides is 1. The summed E-state index contributed by atoms with van der Waals surface area (Å²) in [5, 5.41) is 3.56. The van der Waals surface area contributed by atoms with Crippen molar-refractivity contribution in [2.24, 2.45) is 5.73 Å². The molecule has 0 saturated heterocycles. The van der Waals surface area contributed by atoms with Gasteiger partial charge in [-0.05, 0) is 25.2 Å². The van der Waals surface area contributed by atoms with Crippen molar-refractivity contribution in [3.8, 4) is 0 Å². The molecule has 0 atom stereocenters. The van der Waals surface area contributed by atoms with Gasteiger partial charge in [0.25, 0.3) is 5.91 Å². The molecule has 4 nitrogen and oxygen atoms in total. The second kappa shape index (κ2) is 5.72. The lowest BCUT2D eigenvalue weighted by Gasteiger charge is -2.21. The van der Waals surface area contributed by atoms with E-state index in [2.05, 4.69) is 5.32 Å². The van der Waals surface area contributed by atoms with E-state index in [0.717, 1.165) is 18.8 Å². The Hall–Kier alpha value is -1.26. The van der Waals surface area contributed by atoms with E-state index in [1.165, 1.54) is 0 Å². The quantitative estimate of drug-likeness (QED) is 0.812. The third kappa shape index (κ3) is 3.12. The summed E-state index contributed by atoms with van der Waals surface area (Å²) in [7, 11) is 3.79. The second-order valence-electron chi connectivity index (χ2n) is 3.55. The zero-order valence-corrected chi connectivity index (χ0v) is 10.2. The molecular weight excluding hydrogens is 226 g/mol. The zero-order chi connectivity index (χ0) is 12.1. The molecule has 0 saturated carbocycles. The number of nitrogens with one attached hydrogen (secondary N) is 1. The number of nitrogens with two attached hydrogens (primary N) is 1. The monoisotopic (exact) mass is 241 g/mol. The van der Waals surface area contributed by atoms with Crippen molar-refractivity contribution in [1.82, 2.24) is 5.32 Å². The summed E-state index contributed by atoms with van der Waals surface area (Å²) in [6.45, 7) is 1.62. The molecule has 0 unspecified atom stereocenters. The Labute approximate surface area is 100 Å². The first kappa shape index (κ1) is 12.8. The van der Waals surface area contributed by atoms with Crippen LogP contribution in [0.4, 0.5) is 5.69 Å². The van der Waals surface area contributed by atoms with Crippen LogP contribution in [0.2, 0.25) is 5.02 Å². The minimum absolute atomic E-state index is 0.450. The second-order valence-corrected chi connectivity index (χ2v) is 3.99. The van der Waals surface area contributed by atoms with Gasteiger partial charge in [-0.15, -0.1) is 0 Å². The van der Waals surface area contributed by atoms with Crippen molar-refractivity contribution >= 4 is 23.2 Å². The smallest absolute Gasteiger partial charge is 0.250 e. The van der Waals surface area contributed by atoms with E-state index in [-0.39, 0.29) is 0 Å². The molecule has 0 aliphatic rings. The number of hydrogen-bond acceptors (Lipinski definition) is 3. The predicted molar refractivity (Wildman–Crippen MR) is 67.2 cm³/mol. The molecule has 1 aromatic carbocycles. The highest BCUT2D eigenvalue weighted by molar-refractivity contribution is 6.31. The first-order valence-corrected chi connectivity index (χ1v) is 5.39. The lowest BCUT2D eigenvalue weighted by atomic mass is 10.1. The first-order chi connectivity index (χ1) is 7.56. The molecule has 1 aromatic rings. The van der Waals surface area contributed by atoms with Gasteiger partial charge in [0.2, 0.25) is 0 Å². The maximum Gasteiger partial charge on any atom is 0.250 e. The summed E-state index contributed by atoms with van der Waals surface area (Å²) in [5.41, 5.74) is 6.56. The number of likely N-dealkylation sites (N-methyl/N-ethyl adjacent to an activating group) is 2. The minimum Gasteiger partial charge on any atom is -0.373 e. The average Bonchev–Trinajstić information content (AvgIpc) is 2.25. The Morgan fingerprint density at radius 1 is 1.56 bits per heavy atom. The van der Waals surface area contributed by atoms with Gasteiger partial charge in [-0.2, -0.15) is 0 Å². The van der Waals surface area contributed by atoms with Crippen LogP contribution in [0, 0.1) is 0 Å². The molecule has 1 rings (SSSR count). The number of carbonyl (C=O) groups excluding carboxylic acids is 1. The van der Waals surface area contributed by atoms with Crippen LogP contribution in [0.15, 0.2) is 18.2 Å². The fourth-order valence-electron chi connectivity index (χ4n) is 1.44. The number of anilines is 1. The topological polar surface area (TPSA) is 58.4 Å². The van der Waals surface area contributed by atoms with Crippen molar-refractivity contribution in [2.45, 2.75) is 0 Å². The molecule has 1 amide bonds. The maximum atomic E-state index is 11.3. The van der Waals surface area contributed by atoms with Crippen molar-refractivity contribution in [3.05, 3.63) is 28.8 Å². The molecule has 0 radical (unpaired) electrons. The summed E-state index contributed by atoms with van der Waals surface area (Å²) in [6.07, 6.45) is 0. The van der Waals surface area contributed by atoms with Crippen molar-refractivity contribution in [2.75, 3.05) is 32.1 Å². The Bertz CT molecular complexity index is 381. The third-order valence-electron chi connectivity index (χ3n) is 2.33. The first-order valence-electron chi connectivity index (χ1n) is 5.01. The van der Waals surface area contributed by atoms with Crippen molar-refractivity contribution in [3.63, 3.8) is 0 Å². The van der Waals surface area contributed by atoms with Gasteiger partial charge in [0.05, 0.1) is 5.56 Å². The van der Waals surface area contributed by atoms with Crippen LogP contribution in [-0.4, -0.2) is 33.1 Å². The number of benzene rings is 1. The average molecular weight is 242 g/mol. The highest BCUT2D eigenvalue weighted by Gasteiger charge is 2.11. The molecule has 0 heterocycles. The van der Waals surface area contributed by atoms with Crippen LogP contribution >= 0.6 is 11.6 Å². The van der Waals surface area contributed by atoms with Crippen LogP contribution in [0.1, 0.15) is 10.4 Å². The third-order valence-corrected chi connectivity index (χ3v) is 2.57. The highest BCUT2D eigenvalue weighted by Crippen LogP contribution is 2.22. The molecule has 16 heavy (non-hydrogen) atoms. The van der Waals surface area contributed by atoms with Crippen LogP contribution in [0.5, 0.6) is 0 Å². The van der Waals surface area contributed by atoms with Crippen LogP contribution in [-0.2, 0) is 0 Å². The lowest BCUT2D eigenvalue weighted by molar-refractivity contribution is 0.100. The normalized spacial score (nSPS) is 10.2. The summed E-state index contributed by atoms with van der Waals surface area (Å²) in [4.78, 5) is 13.2. The number of primary amides is 1. The summed E-state index contributed by atoms with van der Waals surface area (Å²) >= 11 is 5.83. The zero-order valence-electron chi connectivity index (χ0n) is 9.46. The van der Waals surface area contributed by atoms with E-state index in [0.29, 0.717) is 10.6 Å². The number of halogens is 1. The number of carbonyl (C=O) groups is 1. The van der Waals surface area contributed by atoms with Gasteiger partial charge in [0.15, 0.2) is 0 Å². The van der Waals surface area contributed by atoms with Gasteiger partial charge >= 0.3 is 0 Å². The minimum atomic E-state index is -0.464. The van der Waals surface area contributed by atoms with E-state index >= 15 is 0 Å². The fraction of sp³-hybridized carbons (Fsp3) is 0.364. The summed E-state index contributed by atoms with van der Waals surface area (Å²) < 4.78 is 0. The standard InChI is InChI=1S/C11H16ClN3O/c1-14-5-6-15(2)10-4-3-8(12)7-9(10)11(13)16/h3-4,7,14H,5-6H2,1-2H3,(H2,13,16). The predicted octanol–water partition coefficient (Wildman–Crippen LogP) is 1.09. The molecule has 3 N–H and O–H groups in total. The Morgan fingerprint density at radius 2 is 2.25 bits per heavy atom.